The van der Waals surface area contributed by atoms with Crippen LogP contribution in [0, 0.1) is 0 Å². The monoisotopic (exact) mass is 214 g/mol. The molecule has 4 heteroatoms. The maximum atomic E-state index is 10.8. The molecule has 1 aromatic heterocycles. The van der Waals surface area contributed by atoms with Crippen LogP contribution in [0.4, 0.5) is 0 Å². The van der Waals surface area contributed by atoms with Gasteiger partial charge in [-0.15, -0.1) is 0 Å². The minimum absolute atomic E-state index is 0.181. The number of halogens is 1. The highest BCUT2D eigenvalue weighted by molar-refractivity contribution is 6.31. The van der Waals surface area contributed by atoms with E-state index >= 15 is 0 Å². The molecular formula is C10H15ClN2O. The van der Waals surface area contributed by atoms with Crippen LogP contribution in [0.15, 0.2) is 0 Å². The van der Waals surface area contributed by atoms with E-state index in [2.05, 4.69) is 5.10 Å². The lowest BCUT2D eigenvalue weighted by atomic mass is 10.2. The zero-order valence-electron chi connectivity index (χ0n) is 8.80. The summed E-state index contributed by atoms with van der Waals surface area (Å²) >= 11 is 6.12. The zero-order chi connectivity index (χ0) is 10.7. The van der Waals surface area contributed by atoms with Crippen LogP contribution in [0.2, 0.25) is 5.02 Å². The molecule has 0 saturated heterocycles. The molecular weight excluding hydrogens is 200 g/mol. The predicted molar refractivity (Wildman–Crippen MR) is 56.6 cm³/mol. The van der Waals surface area contributed by atoms with E-state index in [1.807, 2.05) is 14.0 Å². The molecule has 0 saturated carbocycles. The second-order valence-corrected chi connectivity index (χ2v) is 3.76. The van der Waals surface area contributed by atoms with E-state index in [9.17, 15) is 4.79 Å². The third kappa shape index (κ3) is 2.35. The third-order valence-corrected chi connectivity index (χ3v) is 2.65. The fraction of sp³-hybridized carbons (Fsp3) is 0.600. The Hall–Kier alpha value is -0.830. The number of hydrogen-bond donors (Lipinski definition) is 0. The van der Waals surface area contributed by atoms with Gasteiger partial charge in [-0.3, -0.25) is 4.68 Å². The van der Waals surface area contributed by atoms with E-state index in [0.717, 1.165) is 22.8 Å². The topological polar surface area (TPSA) is 34.9 Å². The van der Waals surface area contributed by atoms with E-state index in [1.165, 1.54) is 0 Å². The number of Topliss-reactive ketones (excluding diaryl/α,β-unsaturated/α-hetero) is 1. The quantitative estimate of drug-likeness (QED) is 0.770. The minimum Gasteiger partial charge on any atom is -0.300 e. The summed E-state index contributed by atoms with van der Waals surface area (Å²) in [6.07, 6.45) is 2.03. The van der Waals surface area contributed by atoms with Crippen molar-refractivity contribution in [1.82, 2.24) is 9.78 Å². The standard InChI is InChI=1S/C10H15ClN2O/c1-4-8-10(11)9(13(3)12-8)6-5-7(2)14/h4-6H2,1-3H3. The Bertz CT molecular complexity index is 344. The normalized spacial score (nSPS) is 10.6. The maximum Gasteiger partial charge on any atom is 0.130 e. The van der Waals surface area contributed by atoms with Gasteiger partial charge in [0, 0.05) is 13.5 Å². The number of aromatic nitrogens is 2. The first kappa shape index (κ1) is 11.2. The predicted octanol–water partition coefficient (Wildman–Crippen LogP) is 2.16. The lowest BCUT2D eigenvalue weighted by molar-refractivity contribution is -0.117. The number of nitrogens with zero attached hydrogens (tertiary/aromatic N) is 2. The molecule has 0 aliphatic carbocycles. The highest BCUT2D eigenvalue weighted by Gasteiger charge is 2.12. The Kier molecular flexibility index (Phi) is 3.69. The van der Waals surface area contributed by atoms with Crippen LogP contribution in [0.1, 0.15) is 31.7 Å². The summed E-state index contributed by atoms with van der Waals surface area (Å²) in [5.74, 6) is 0.181. The van der Waals surface area contributed by atoms with Crippen molar-refractivity contribution < 1.29 is 4.79 Å². The number of rotatable bonds is 4. The summed E-state index contributed by atoms with van der Waals surface area (Å²) in [5.41, 5.74) is 1.87. The average molecular weight is 215 g/mol. The molecule has 1 heterocycles. The molecule has 0 unspecified atom stereocenters. The Morgan fingerprint density at radius 2 is 2.21 bits per heavy atom. The van der Waals surface area contributed by atoms with Gasteiger partial charge in [0.1, 0.15) is 5.78 Å². The van der Waals surface area contributed by atoms with Gasteiger partial charge >= 0.3 is 0 Å². The Balaban J connectivity index is 2.85. The van der Waals surface area contributed by atoms with Crippen LogP contribution in [0.5, 0.6) is 0 Å². The SMILES string of the molecule is CCc1nn(C)c(CCC(C)=O)c1Cl. The molecule has 3 nitrogen and oxygen atoms in total. The van der Waals surface area contributed by atoms with Crippen LogP contribution in [0.3, 0.4) is 0 Å². The summed E-state index contributed by atoms with van der Waals surface area (Å²) in [5, 5.41) is 5.00. The van der Waals surface area contributed by atoms with Crippen molar-refractivity contribution >= 4 is 17.4 Å². The summed E-state index contributed by atoms with van der Waals surface area (Å²) in [4.78, 5) is 10.8. The molecule has 0 aromatic carbocycles. The van der Waals surface area contributed by atoms with Gasteiger partial charge in [-0.2, -0.15) is 5.10 Å². The van der Waals surface area contributed by atoms with E-state index in [1.54, 1.807) is 11.6 Å². The second kappa shape index (κ2) is 4.60. The fourth-order valence-electron chi connectivity index (χ4n) is 1.39. The van der Waals surface area contributed by atoms with Gasteiger partial charge in [0.2, 0.25) is 0 Å². The third-order valence-electron chi connectivity index (χ3n) is 2.22. The Labute approximate surface area is 89.1 Å². The molecule has 0 spiro atoms. The number of carbonyl (C=O) groups excluding carboxylic acids is 1. The lowest BCUT2D eigenvalue weighted by Crippen LogP contribution is -2.01. The minimum atomic E-state index is 0.181. The van der Waals surface area contributed by atoms with E-state index in [4.69, 9.17) is 11.6 Å². The second-order valence-electron chi connectivity index (χ2n) is 3.39. The highest BCUT2D eigenvalue weighted by Crippen LogP contribution is 2.21. The van der Waals surface area contributed by atoms with Crippen LogP contribution < -0.4 is 0 Å². The number of aryl methyl sites for hydroxylation is 2. The molecule has 78 valence electrons. The van der Waals surface area contributed by atoms with Crippen molar-refractivity contribution in [1.29, 1.82) is 0 Å². The van der Waals surface area contributed by atoms with Gasteiger partial charge in [0.15, 0.2) is 0 Å². The molecule has 0 atom stereocenters. The Morgan fingerprint density at radius 1 is 1.57 bits per heavy atom. The van der Waals surface area contributed by atoms with Crippen molar-refractivity contribution in [3.05, 3.63) is 16.4 Å². The molecule has 1 aromatic rings. The molecule has 0 bridgehead atoms. The first-order valence-corrected chi connectivity index (χ1v) is 5.13. The molecule has 14 heavy (non-hydrogen) atoms. The van der Waals surface area contributed by atoms with E-state index in [0.29, 0.717) is 12.8 Å². The summed E-state index contributed by atoms with van der Waals surface area (Å²) in [7, 11) is 1.86. The van der Waals surface area contributed by atoms with Crippen molar-refractivity contribution in [2.75, 3.05) is 0 Å². The van der Waals surface area contributed by atoms with Crippen molar-refractivity contribution in [3.8, 4) is 0 Å². The molecule has 1 rings (SSSR count). The summed E-state index contributed by atoms with van der Waals surface area (Å²) in [6.45, 7) is 3.61. The zero-order valence-corrected chi connectivity index (χ0v) is 9.56. The smallest absolute Gasteiger partial charge is 0.130 e. The molecule has 0 radical (unpaired) electrons. The molecule has 0 N–H and O–H groups in total. The van der Waals surface area contributed by atoms with Gasteiger partial charge in [-0.25, -0.2) is 0 Å². The largest absolute Gasteiger partial charge is 0.300 e. The summed E-state index contributed by atoms with van der Waals surface area (Å²) < 4.78 is 1.77. The van der Waals surface area contributed by atoms with Crippen LogP contribution >= 0.6 is 11.6 Å². The molecule has 0 aliphatic heterocycles. The molecule has 0 fully saturated rings. The van der Waals surface area contributed by atoms with Gasteiger partial charge in [-0.05, 0) is 19.8 Å². The van der Waals surface area contributed by atoms with E-state index < -0.39 is 0 Å². The Morgan fingerprint density at radius 3 is 2.64 bits per heavy atom. The van der Waals surface area contributed by atoms with E-state index in [-0.39, 0.29) is 5.78 Å². The first-order chi connectivity index (χ1) is 6.56. The number of hydrogen-bond acceptors (Lipinski definition) is 2. The fourth-order valence-corrected chi connectivity index (χ4v) is 1.77. The van der Waals surface area contributed by atoms with Gasteiger partial charge in [0.25, 0.3) is 0 Å². The molecule has 0 amide bonds. The maximum absolute atomic E-state index is 10.8. The van der Waals surface area contributed by atoms with Crippen molar-refractivity contribution in [2.24, 2.45) is 7.05 Å². The van der Waals surface area contributed by atoms with Crippen LogP contribution in [-0.2, 0) is 24.7 Å². The average Bonchev–Trinajstić information content (AvgIpc) is 2.39. The number of carbonyl (C=O) groups is 1. The lowest BCUT2D eigenvalue weighted by Gasteiger charge is -1.99. The van der Waals surface area contributed by atoms with Crippen LogP contribution in [-0.4, -0.2) is 15.6 Å². The van der Waals surface area contributed by atoms with Crippen molar-refractivity contribution in [2.45, 2.75) is 33.1 Å². The van der Waals surface area contributed by atoms with Gasteiger partial charge in [-0.1, -0.05) is 18.5 Å². The number of ketones is 1. The summed E-state index contributed by atoms with van der Waals surface area (Å²) in [6, 6.07) is 0. The van der Waals surface area contributed by atoms with Crippen LogP contribution in [0.25, 0.3) is 0 Å². The first-order valence-electron chi connectivity index (χ1n) is 4.76. The highest BCUT2D eigenvalue weighted by atomic mass is 35.5. The van der Waals surface area contributed by atoms with Crippen molar-refractivity contribution in [3.63, 3.8) is 0 Å². The molecule has 0 aliphatic rings. The van der Waals surface area contributed by atoms with Gasteiger partial charge < -0.3 is 4.79 Å². The van der Waals surface area contributed by atoms with Gasteiger partial charge in [0.05, 0.1) is 16.4 Å².